The average Bonchev–Trinajstić information content (AvgIpc) is 3.37. The van der Waals surface area contributed by atoms with Gasteiger partial charge in [0.25, 0.3) is 0 Å². The first-order valence-electron chi connectivity index (χ1n) is 7.27. The van der Waals surface area contributed by atoms with E-state index in [1.54, 1.807) is 0 Å². The molecule has 2 aliphatic rings. The largest absolute Gasteiger partial charge is 0.491 e. The Morgan fingerprint density at radius 2 is 1.95 bits per heavy atom. The summed E-state index contributed by atoms with van der Waals surface area (Å²) in [6.45, 7) is 0.427. The number of nitrogens with one attached hydrogen (secondary N) is 1. The monoisotopic (exact) mass is 272 g/mol. The Labute approximate surface area is 119 Å². The molecule has 3 rings (SSSR count). The molecule has 0 heterocycles. The second-order valence-electron chi connectivity index (χ2n) is 5.87. The third-order valence-corrected chi connectivity index (χ3v) is 4.09. The predicted molar refractivity (Wildman–Crippen MR) is 75.1 cm³/mol. The summed E-state index contributed by atoms with van der Waals surface area (Å²) in [5, 5.41) is 22.1. The summed E-state index contributed by atoms with van der Waals surface area (Å²) in [5.41, 5.74) is 0.332. The van der Waals surface area contributed by atoms with Crippen LogP contribution < -0.4 is 10.1 Å². The smallest absolute Gasteiger partial charge is 0.144 e. The van der Waals surface area contributed by atoms with Crippen molar-refractivity contribution in [2.75, 3.05) is 6.61 Å². The molecule has 4 heteroatoms. The number of rotatable bonds is 7. The van der Waals surface area contributed by atoms with Gasteiger partial charge in [-0.25, -0.2) is 0 Å². The maximum atomic E-state index is 9.60. The lowest BCUT2D eigenvalue weighted by molar-refractivity contribution is 0.200. The Morgan fingerprint density at radius 3 is 2.45 bits per heavy atom. The number of nitrogens with zero attached hydrogens (tertiary/aromatic N) is 1. The molecule has 0 saturated heterocycles. The van der Waals surface area contributed by atoms with Crippen molar-refractivity contribution in [1.29, 1.82) is 5.26 Å². The second-order valence-corrected chi connectivity index (χ2v) is 5.87. The molecule has 20 heavy (non-hydrogen) atoms. The number of aliphatic hydroxyl groups is 1. The van der Waals surface area contributed by atoms with Gasteiger partial charge in [-0.15, -0.1) is 0 Å². The van der Waals surface area contributed by atoms with E-state index in [0.29, 0.717) is 18.6 Å². The topological polar surface area (TPSA) is 65.3 Å². The van der Waals surface area contributed by atoms with Gasteiger partial charge in [0.1, 0.15) is 17.9 Å². The minimum absolute atomic E-state index is 0.0354. The molecule has 0 radical (unpaired) electrons. The van der Waals surface area contributed by atoms with Crippen LogP contribution in [0.25, 0.3) is 0 Å². The van der Waals surface area contributed by atoms with Crippen LogP contribution in [-0.4, -0.2) is 23.3 Å². The highest BCUT2D eigenvalue weighted by molar-refractivity contribution is 5.28. The highest BCUT2D eigenvalue weighted by Gasteiger charge is 2.49. The lowest BCUT2D eigenvalue weighted by Crippen LogP contribution is -2.52. The van der Waals surface area contributed by atoms with Gasteiger partial charge in [-0.3, -0.25) is 5.32 Å². The van der Waals surface area contributed by atoms with Crippen molar-refractivity contribution in [2.24, 2.45) is 5.92 Å². The molecular weight excluding hydrogens is 252 g/mol. The van der Waals surface area contributed by atoms with Crippen LogP contribution in [0.3, 0.4) is 0 Å². The number of hydrogen-bond acceptors (Lipinski definition) is 4. The molecule has 2 N–H and O–H groups in total. The van der Waals surface area contributed by atoms with Crippen LogP contribution in [0.5, 0.6) is 5.75 Å². The van der Waals surface area contributed by atoms with E-state index in [1.165, 1.54) is 12.8 Å². The molecule has 1 aromatic rings. The third kappa shape index (κ3) is 2.95. The second kappa shape index (κ2) is 5.43. The zero-order valence-corrected chi connectivity index (χ0v) is 11.5. The first-order valence-corrected chi connectivity index (χ1v) is 7.27. The molecule has 0 spiro atoms. The molecule has 0 aliphatic heterocycles. The van der Waals surface area contributed by atoms with E-state index in [-0.39, 0.29) is 6.61 Å². The lowest BCUT2D eigenvalue weighted by Gasteiger charge is -2.28. The molecule has 0 bridgehead atoms. The quantitative estimate of drug-likeness (QED) is 0.796. The molecule has 2 saturated carbocycles. The molecule has 2 fully saturated rings. The molecular formula is C16H20N2O2. The van der Waals surface area contributed by atoms with Gasteiger partial charge in [-0.1, -0.05) is 12.1 Å². The lowest BCUT2D eigenvalue weighted by atomic mass is 9.96. The van der Waals surface area contributed by atoms with Gasteiger partial charge in [0, 0.05) is 6.04 Å². The molecule has 1 aromatic carbocycles. The maximum absolute atomic E-state index is 9.60. The summed E-state index contributed by atoms with van der Waals surface area (Å²) in [6.07, 6.45) is 4.56. The van der Waals surface area contributed by atoms with Crippen LogP contribution in [0, 0.1) is 17.2 Å². The standard InChI is InChI=1S/C16H20N2O2/c17-10-16(13-3-4-13,18-14-5-6-14)11-20-15-7-1-12(9-19)2-8-15/h1-2,7-8,13-14,18-19H,3-6,9,11H2. The van der Waals surface area contributed by atoms with Crippen LogP contribution in [0.1, 0.15) is 31.2 Å². The molecule has 0 aromatic heterocycles. The number of nitriles is 1. The van der Waals surface area contributed by atoms with Crippen molar-refractivity contribution < 1.29 is 9.84 Å². The van der Waals surface area contributed by atoms with Crippen molar-refractivity contribution in [3.05, 3.63) is 29.8 Å². The van der Waals surface area contributed by atoms with Crippen molar-refractivity contribution in [1.82, 2.24) is 5.32 Å². The summed E-state index contributed by atoms with van der Waals surface area (Å²) >= 11 is 0. The third-order valence-electron chi connectivity index (χ3n) is 4.09. The van der Waals surface area contributed by atoms with Crippen LogP contribution >= 0.6 is 0 Å². The number of aliphatic hydroxyl groups excluding tert-OH is 1. The average molecular weight is 272 g/mol. The van der Waals surface area contributed by atoms with Gasteiger partial charge in [0.15, 0.2) is 0 Å². The summed E-state index contributed by atoms with van der Waals surface area (Å²) in [6, 6.07) is 10.3. The van der Waals surface area contributed by atoms with Gasteiger partial charge in [0.2, 0.25) is 0 Å². The van der Waals surface area contributed by atoms with E-state index in [1.807, 2.05) is 24.3 Å². The highest BCUT2D eigenvalue weighted by atomic mass is 16.5. The fourth-order valence-corrected chi connectivity index (χ4v) is 2.49. The van der Waals surface area contributed by atoms with Crippen molar-refractivity contribution in [3.63, 3.8) is 0 Å². The molecule has 1 atom stereocenters. The molecule has 1 unspecified atom stereocenters. The van der Waals surface area contributed by atoms with Crippen LogP contribution in [0.4, 0.5) is 0 Å². The molecule has 106 valence electrons. The summed E-state index contributed by atoms with van der Waals surface area (Å²) in [5.74, 6) is 1.17. The zero-order chi connectivity index (χ0) is 14.0. The zero-order valence-electron chi connectivity index (χ0n) is 11.5. The van der Waals surface area contributed by atoms with Crippen LogP contribution in [-0.2, 0) is 6.61 Å². The van der Waals surface area contributed by atoms with E-state index in [4.69, 9.17) is 9.84 Å². The summed E-state index contributed by atoms with van der Waals surface area (Å²) in [4.78, 5) is 0. The SMILES string of the molecule is N#CC(COc1ccc(CO)cc1)(NC1CC1)C1CC1. The first kappa shape index (κ1) is 13.4. The predicted octanol–water partition coefficient (Wildman–Crippen LogP) is 1.98. The van der Waals surface area contributed by atoms with Crippen molar-refractivity contribution in [2.45, 2.75) is 43.9 Å². The van der Waals surface area contributed by atoms with Crippen LogP contribution in [0.2, 0.25) is 0 Å². The van der Waals surface area contributed by atoms with Gasteiger partial charge in [-0.05, 0) is 49.3 Å². The van der Waals surface area contributed by atoms with Gasteiger partial charge in [0.05, 0.1) is 12.7 Å². The minimum atomic E-state index is -0.531. The summed E-state index contributed by atoms with van der Waals surface area (Å²) < 4.78 is 5.83. The normalized spacial score (nSPS) is 21.0. The minimum Gasteiger partial charge on any atom is -0.491 e. The van der Waals surface area contributed by atoms with Crippen molar-refractivity contribution in [3.8, 4) is 11.8 Å². The Hall–Kier alpha value is -1.57. The van der Waals surface area contributed by atoms with E-state index in [2.05, 4.69) is 11.4 Å². The molecule has 4 nitrogen and oxygen atoms in total. The summed E-state index contributed by atoms with van der Waals surface area (Å²) in [7, 11) is 0. The fourth-order valence-electron chi connectivity index (χ4n) is 2.49. The maximum Gasteiger partial charge on any atom is 0.144 e. The van der Waals surface area contributed by atoms with Crippen LogP contribution in [0.15, 0.2) is 24.3 Å². The number of hydrogen-bond donors (Lipinski definition) is 2. The van der Waals surface area contributed by atoms with Gasteiger partial charge < -0.3 is 9.84 Å². The highest BCUT2D eigenvalue weighted by Crippen LogP contribution is 2.41. The van der Waals surface area contributed by atoms with Crippen molar-refractivity contribution >= 4 is 0 Å². The van der Waals surface area contributed by atoms with E-state index < -0.39 is 5.54 Å². The number of ether oxygens (including phenoxy) is 1. The first-order chi connectivity index (χ1) is 9.75. The fraction of sp³-hybridized carbons (Fsp3) is 0.562. The molecule has 0 amide bonds. The Morgan fingerprint density at radius 1 is 1.25 bits per heavy atom. The Balaban J connectivity index is 1.65. The van der Waals surface area contributed by atoms with E-state index in [0.717, 1.165) is 24.2 Å². The van der Waals surface area contributed by atoms with Gasteiger partial charge in [-0.2, -0.15) is 5.26 Å². The van der Waals surface area contributed by atoms with E-state index >= 15 is 0 Å². The number of benzene rings is 1. The van der Waals surface area contributed by atoms with E-state index in [9.17, 15) is 5.26 Å². The molecule has 2 aliphatic carbocycles. The van der Waals surface area contributed by atoms with Gasteiger partial charge >= 0.3 is 0 Å². The Bertz CT molecular complexity index is 500. The Kier molecular flexibility index (Phi) is 3.64.